The molecular formula is C24H25N5O2S. The summed E-state index contributed by atoms with van der Waals surface area (Å²) >= 11 is 1.58. The Morgan fingerprint density at radius 1 is 1.22 bits per heavy atom. The van der Waals surface area contributed by atoms with Crippen LogP contribution in [0.3, 0.4) is 0 Å². The summed E-state index contributed by atoms with van der Waals surface area (Å²) in [5.74, 6) is 1.27. The largest absolute Gasteiger partial charge is 0.488 e. The van der Waals surface area contributed by atoms with Gasteiger partial charge in [-0.2, -0.15) is 0 Å². The van der Waals surface area contributed by atoms with Crippen molar-refractivity contribution in [1.82, 2.24) is 20.3 Å². The lowest BCUT2D eigenvalue weighted by Crippen LogP contribution is -2.19. The van der Waals surface area contributed by atoms with Gasteiger partial charge in [0.2, 0.25) is 5.95 Å². The third-order valence-electron chi connectivity index (χ3n) is 5.48. The van der Waals surface area contributed by atoms with Gasteiger partial charge in [-0.15, -0.1) is 11.3 Å². The number of nitrogens with zero attached hydrogens (tertiary/aromatic N) is 3. The number of anilines is 2. The summed E-state index contributed by atoms with van der Waals surface area (Å²) in [6, 6.07) is 11.7. The molecule has 32 heavy (non-hydrogen) atoms. The molecule has 5 rings (SSSR count). The lowest BCUT2D eigenvalue weighted by Gasteiger charge is -2.19. The number of aromatic nitrogens is 3. The molecule has 1 fully saturated rings. The Morgan fingerprint density at radius 2 is 2.12 bits per heavy atom. The van der Waals surface area contributed by atoms with Gasteiger partial charge < -0.3 is 20.5 Å². The second-order valence-electron chi connectivity index (χ2n) is 8.44. The van der Waals surface area contributed by atoms with Gasteiger partial charge >= 0.3 is 0 Å². The maximum Gasteiger partial charge on any atom is 0.227 e. The third-order valence-corrected chi connectivity index (χ3v) is 6.28. The van der Waals surface area contributed by atoms with E-state index in [-0.39, 0.29) is 6.10 Å². The summed E-state index contributed by atoms with van der Waals surface area (Å²) in [4.78, 5) is 13.7. The molecule has 7 nitrogen and oxygen atoms in total. The Hall–Kier alpha value is -3.07. The molecular weight excluding hydrogens is 422 g/mol. The van der Waals surface area contributed by atoms with Crippen molar-refractivity contribution < 1.29 is 9.84 Å². The minimum atomic E-state index is -0.921. The summed E-state index contributed by atoms with van der Waals surface area (Å²) in [6.45, 7) is 5.33. The Balaban J connectivity index is 1.50. The maximum atomic E-state index is 10.3. The van der Waals surface area contributed by atoms with Gasteiger partial charge in [0.1, 0.15) is 16.9 Å². The molecule has 0 bridgehead atoms. The lowest BCUT2D eigenvalue weighted by molar-refractivity contribution is 0.0786. The minimum Gasteiger partial charge on any atom is -0.488 e. The average Bonchev–Trinajstić information content (AvgIpc) is 3.47. The van der Waals surface area contributed by atoms with Crippen LogP contribution in [0.15, 0.2) is 54.2 Å². The third kappa shape index (κ3) is 4.43. The second kappa shape index (κ2) is 8.46. The average molecular weight is 448 g/mol. The highest BCUT2D eigenvalue weighted by Gasteiger charge is 2.20. The van der Waals surface area contributed by atoms with Gasteiger partial charge in [0.05, 0.1) is 16.7 Å². The van der Waals surface area contributed by atoms with Gasteiger partial charge in [-0.3, -0.25) is 0 Å². The SMILES string of the molecule is CC(C)(O)c1cccc(Nc2ncc3cc(-c4nccs4)c(O[C@@H]4CCNC4)cc3n2)c1. The number of rotatable bonds is 6. The quantitative estimate of drug-likeness (QED) is 0.402. The zero-order chi connectivity index (χ0) is 22.1. The van der Waals surface area contributed by atoms with Crippen LogP contribution in [0.25, 0.3) is 21.5 Å². The number of aliphatic hydroxyl groups is 1. The highest BCUT2D eigenvalue weighted by atomic mass is 32.1. The number of hydrogen-bond acceptors (Lipinski definition) is 8. The molecule has 0 spiro atoms. The van der Waals surface area contributed by atoms with E-state index in [1.165, 1.54) is 0 Å². The fourth-order valence-electron chi connectivity index (χ4n) is 3.76. The van der Waals surface area contributed by atoms with Crippen LogP contribution in [0.4, 0.5) is 11.6 Å². The number of nitrogens with one attached hydrogen (secondary N) is 2. The predicted molar refractivity (Wildman–Crippen MR) is 128 cm³/mol. The molecule has 3 heterocycles. The molecule has 0 unspecified atom stereocenters. The fourth-order valence-corrected chi connectivity index (χ4v) is 4.41. The van der Waals surface area contributed by atoms with Crippen molar-refractivity contribution >= 4 is 33.9 Å². The molecule has 2 aromatic carbocycles. The summed E-state index contributed by atoms with van der Waals surface area (Å²) in [5.41, 5.74) is 2.47. The molecule has 0 aliphatic carbocycles. The summed E-state index contributed by atoms with van der Waals surface area (Å²) in [6.07, 6.45) is 4.72. The van der Waals surface area contributed by atoms with E-state index in [4.69, 9.17) is 9.72 Å². The van der Waals surface area contributed by atoms with Crippen molar-refractivity contribution in [2.75, 3.05) is 18.4 Å². The maximum absolute atomic E-state index is 10.3. The van der Waals surface area contributed by atoms with Crippen molar-refractivity contribution in [3.63, 3.8) is 0 Å². The normalized spacial score (nSPS) is 16.4. The summed E-state index contributed by atoms with van der Waals surface area (Å²) < 4.78 is 6.35. The first kappa shape index (κ1) is 20.8. The first-order valence-electron chi connectivity index (χ1n) is 10.6. The van der Waals surface area contributed by atoms with E-state index in [1.54, 1.807) is 31.4 Å². The monoisotopic (exact) mass is 447 g/mol. The molecule has 8 heteroatoms. The molecule has 2 aromatic heterocycles. The summed E-state index contributed by atoms with van der Waals surface area (Å²) in [5, 5.41) is 20.7. The molecule has 1 atom stereocenters. The van der Waals surface area contributed by atoms with E-state index in [0.717, 1.165) is 58.0 Å². The smallest absolute Gasteiger partial charge is 0.227 e. The van der Waals surface area contributed by atoms with Gasteiger partial charge in [-0.1, -0.05) is 12.1 Å². The number of thiazole rings is 1. The number of ether oxygens (including phenoxy) is 1. The van der Waals surface area contributed by atoms with E-state index >= 15 is 0 Å². The molecule has 0 amide bonds. The molecule has 1 aliphatic rings. The first-order valence-corrected chi connectivity index (χ1v) is 11.5. The van der Waals surface area contributed by atoms with Crippen molar-refractivity contribution in [2.24, 2.45) is 0 Å². The van der Waals surface area contributed by atoms with Gasteiger partial charge in [-0.05, 0) is 50.6 Å². The second-order valence-corrected chi connectivity index (χ2v) is 9.33. The molecule has 0 saturated carbocycles. The topological polar surface area (TPSA) is 92.2 Å². The number of benzene rings is 2. The zero-order valence-corrected chi connectivity index (χ0v) is 18.8. The molecule has 4 aromatic rings. The molecule has 1 saturated heterocycles. The van der Waals surface area contributed by atoms with Gasteiger partial charge in [0.15, 0.2) is 0 Å². The van der Waals surface area contributed by atoms with Gasteiger partial charge in [0.25, 0.3) is 0 Å². The Bertz CT molecular complexity index is 1230. The lowest BCUT2D eigenvalue weighted by atomic mass is 9.98. The van der Waals surface area contributed by atoms with E-state index in [2.05, 4.69) is 20.6 Å². The highest BCUT2D eigenvalue weighted by Crippen LogP contribution is 2.36. The molecule has 0 radical (unpaired) electrons. The number of hydrogen-bond donors (Lipinski definition) is 3. The van der Waals surface area contributed by atoms with Gasteiger partial charge in [-0.25, -0.2) is 15.0 Å². The van der Waals surface area contributed by atoms with Crippen LogP contribution in [-0.4, -0.2) is 39.3 Å². The first-order chi connectivity index (χ1) is 15.5. The van der Waals surface area contributed by atoms with Crippen LogP contribution in [0.1, 0.15) is 25.8 Å². The van der Waals surface area contributed by atoms with E-state index in [0.29, 0.717) is 5.95 Å². The molecule has 164 valence electrons. The Kier molecular flexibility index (Phi) is 5.50. The van der Waals surface area contributed by atoms with Crippen LogP contribution in [0, 0.1) is 0 Å². The van der Waals surface area contributed by atoms with Crippen LogP contribution < -0.4 is 15.4 Å². The van der Waals surface area contributed by atoms with Crippen molar-refractivity contribution in [2.45, 2.75) is 32.0 Å². The van der Waals surface area contributed by atoms with Crippen LogP contribution >= 0.6 is 11.3 Å². The standard InChI is InChI=1S/C24H25N5O2S/c1-24(2,30)16-4-3-5-17(11-16)28-23-27-13-15-10-19(22-26-8-9-32-22)21(12-20(15)29-23)31-18-6-7-25-14-18/h3-5,8-13,18,25,30H,6-7,14H2,1-2H3,(H,27,28,29)/t18-/m1/s1. The van der Waals surface area contributed by atoms with Crippen molar-refractivity contribution in [3.8, 4) is 16.3 Å². The Morgan fingerprint density at radius 3 is 2.88 bits per heavy atom. The van der Waals surface area contributed by atoms with Crippen LogP contribution in [0.2, 0.25) is 0 Å². The van der Waals surface area contributed by atoms with Crippen molar-refractivity contribution in [1.29, 1.82) is 0 Å². The van der Waals surface area contributed by atoms with Crippen LogP contribution in [-0.2, 0) is 5.60 Å². The molecule has 3 N–H and O–H groups in total. The highest BCUT2D eigenvalue weighted by molar-refractivity contribution is 7.13. The predicted octanol–water partition coefficient (Wildman–Crippen LogP) is 4.47. The summed E-state index contributed by atoms with van der Waals surface area (Å²) in [7, 11) is 0. The fraction of sp³-hybridized carbons (Fsp3) is 0.292. The van der Waals surface area contributed by atoms with Crippen molar-refractivity contribution in [3.05, 3.63) is 59.7 Å². The molecule has 1 aliphatic heterocycles. The van der Waals surface area contributed by atoms with E-state index in [1.807, 2.05) is 48.0 Å². The minimum absolute atomic E-state index is 0.134. The van der Waals surface area contributed by atoms with E-state index in [9.17, 15) is 5.11 Å². The van der Waals surface area contributed by atoms with Crippen LogP contribution in [0.5, 0.6) is 5.75 Å². The van der Waals surface area contributed by atoms with Gasteiger partial charge in [0, 0.05) is 41.5 Å². The number of fused-ring (bicyclic) bond motifs is 1. The Labute approximate surface area is 190 Å². The zero-order valence-electron chi connectivity index (χ0n) is 18.0. The van der Waals surface area contributed by atoms with E-state index < -0.39 is 5.60 Å².